The van der Waals surface area contributed by atoms with E-state index in [1.807, 2.05) is 11.0 Å². The number of carbonyl (C=O) groups is 2. The Hall–Kier alpha value is -4.47. The number of nitrogens with one attached hydrogen (secondary N) is 2. The molecule has 16 heteroatoms. The number of hydrogen-bond donors (Lipinski definition) is 4. The lowest BCUT2D eigenvalue weighted by atomic mass is 10.1. The number of carboxylic acids is 1. The molecule has 0 saturated carbocycles. The summed E-state index contributed by atoms with van der Waals surface area (Å²) in [4.78, 5) is 31.9. The number of rotatable bonds is 6. The standard InChI is InChI=1S/C24H24F4N6O.C2HF3O2/c25-20-10-17(24(26,27)28)6-7-19(20)21-30-12-16(22(33-21)34-9-8-15(11-29)14-34)13-31-23(35)32-18-4-2-1-3-5-18;3-2(4,5)1(6)7/h1-7,10,12,15H,8-9,11,13-14,29H2,(H2,31,32,35);(H,6,7). The van der Waals surface area contributed by atoms with Crippen LogP contribution >= 0.6 is 0 Å². The lowest BCUT2D eigenvalue weighted by Gasteiger charge is -2.22. The van der Waals surface area contributed by atoms with Crippen LogP contribution < -0.4 is 21.3 Å². The first-order valence-electron chi connectivity index (χ1n) is 12.3. The minimum absolute atomic E-state index is 0.0417. The number of carboxylic acid groups (broad SMARTS) is 1. The lowest BCUT2D eigenvalue weighted by molar-refractivity contribution is -0.192. The number of anilines is 2. The Morgan fingerprint density at radius 3 is 2.29 bits per heavy atom. The van der Waals surface area contributed by atoms with E-state index < -0.39 is 35.7 Å². The van der Waals surface area contributed by atoms with Gasteiger partial charge in [0.05, 0.1) is 11.1 Å². The van der Waals surface area contributed by atoms with E-state index in [1.165, 1.54) is 6.20 Å². The van der Waals surface area contributed by atoms with E-state index in [0.29, 0.717) is 42.8 Å². The highest BCUT2D eigenvalue weighted by Gasteiger charge is 2.38. The van der Waals surface area contributed by atoms with E-state index in [0.717, 1.165) is 18.6 Å². The fraction of sp³-hybridized carbons (Fsp3) is 0.308. The van der Waals surface area contributed by atoms with E-state index in [1.54, 1.807) is 24.3 Å². The molecule has 1 aliphatic rings. The fourth-order valence-corrected chi connectivity index (χ4v) is 3.89. The van der Waals surface area contributed by atoms with Gasteiger partial charge in [-0.3, -0.25) is 0 Å². The number of benzene rings is 2. The summed E-state index contributed by atoms with van der Waals surface area (Å²) in [6.45, 7) is 1.85. The van der Waals surface area contributed by atoms with Crippen molar-refractivity contribution in [1.82, 2.24) is 15.3 Å². The molecule has 0 radical (unpaired) electrons. The second-order valence-electron chi connectivity index (χ2n) is 9.05. The number of amides is 2. The minimum atomic E-state index is -5.08. The summed E-state index contributed by atoms with van der Waals surface area (Å²) >= 11 is 0. The molecule has 0 spiro atoms. The molecule has 42 heavy (non-hydrogen) atoms. The fourth-order valence-electron chi connectivity index (χ4n) is 3.89. The molecule has 226 valence electrons. The molecule has 3 aromatic rings. The van der Waals surface area contributed by atoms with Crippen LogP contribution in [0.4, 0.5) is 47.0 Å². The molecule has 1 fully saturated rings. The number of halogens is 7. The maximum atomic E-state index is 14.6. The van der Waals surface area contributed by atoms with Gasteiger partial charge < -0.3 is 26.4 Å². The van der Waals surface area contributed by atoms with Crippen LogP contribution in [0.15, 0.2) is 54.7 Å². The van der Waals surface area contributed by atoms with Crippen LogP contribution in [0, 0.1) is 11.7 Å². The topological polar surface area (TPSA) is 133 Å². The molecule has 2 heterocycles. The van der Waals surface area contributed by atoms with E-state index in [-0.39, 0.29) is 23.9 Å². The molecule has 0 bridgehead atoms. The minimum Gasteiger partial charge on any atom is -0.475 e. The monoisotopic (exact) mass is 602 g/mol. The Bertz CT molecular complexity index is 1390. The van der Waals surface area contributed by atoms with Crippen LogP contribution in [0.3, 0.4) is 0 Å². The molecule has 1 saturated heterocycles. The molecule has 2 amide bonds. The highest BCUT2D eigenvalue weighted by molar-refractivity contribution is 5.89. The zero-order valence-corrected chi connectivity index (χ0v) is 21.6. The van der Waals surface area contributed by atoms with Crippen molar-refractivity contribution in [1.29, 1.82) is 0 Å². The number of para-hydroxylation sites is 1. The average Bonchev–Trinajstić information content (AvgIpc) is 3.41. The number of aromatic nitrogens is 2. The number of nitrogens with two attached hydrogens (primary N) is 1. The highest BCUT2D eigenvalue weighted by Crippen LogP contribution is 2.33. The van der Waals surface area contributed by atoms with E-state index in [4.69, 9.17) is 15.6 Å². The molecule has 2 aromatic carbocycles. The number of aliphatic carboxylic acids is 1. The second kappa shape index (κ2) is 13.5. The quantitative estimate of drug-likeness (QED) is 0.291. The van der Waals surface area contributed by atoms with Gasteiger partial charge in [0.15, 0.2) is 5.82 Å². The first-order valence-corrected chi connectivity index (χ1v) is 12.3. The predicted octanol–water partition coefficient (Wildman–Crippen LogP) is 5.04. The molecule has 1 unspecified atom stereocenters. The van der Waals surface area contributed by atoms with Crippen molar-refractivity contribution in [2.24, 2.45) is 11.7 Å². The Morgan fingerprint density at radius 2 is 1.74 bits per heavy atom. The maximum absolute atomic E-state index is 14.6. The third-order valence-corrected chi connectivity index (χ3v) is 6.01. The van der Waals surface area contributed by atoms with Gasteiger partial charge in [0, 0.05) is 37.1 Å². The van der Waals surface area contributed by atoms with Gasteiger partial charge in [0.2, 0.25) is 0 Å². The van der Waals surface area contributed by atoms with Crippen molar-refractivity contribution >= 4 is 23.5 Å². The maximum Gasteiger partial charge on any atom is 0.490 e. The molecule has 1 atom stereocenters. The molecule has 9 nitrogen and oxygen atoms in total. The van der Waals surface area contributed by atoms with E-state index in [9.17, 15) is 35.5 Å². The van der Waals surface area contributed by atoms with Crippen LogP contribution in [-0.2, 0) is 17.5 Å². The van der Waals surface area contributed by atoms with Crippen molar-refractivity contribution in [2.45, 2.75) is 25.3 Å². The smallest absolute Gasteiger partial charge is 0.475 e. The SMILES string of the molecule is NCC1CCN(c2nc(-c3ccc(C(F)(F)F)cc3F)ncc2CNC(=O)Nc2ccccc2)C1.O=C(O)C(F)(F)F. The summed E-state index contributed by atoms with van der Waals surface area (Å²) in [6, 6.07) is 10.7. The van der Waals surface area contributed by atoms with Crippen LogP contribution in [0.1, 0.15) is 17.5 Å². The van der Waals surface area contributed by atoms with Crippen LogP contribution in [0.2, 0.25) is 0 Å². The third kappa shape index (κ3) is 8.76. The van der Waals surface area contributed by atoms with Crippen molar-refractivity contribution in [2.75, 3.05) is 29.9 Å². The first kappa shape index (κ1) is 32.0. The molecule has 1 aromatic heterocycles. The normalized spacial score (nSPS) is 15.0. The van der Waals surface area contributed by atoms with Gasteiger partial charge in [0.1, 0.15) is 11.6 Å². The summed E-state index contributed by atoms with van der Waals surface area (Å²) in [5.74, 6) is -3.14. The Kier molecular flexibility index (Phi) is 10.3. The number of alkyl halides is 6. The zero-order chi connectivity index (χ0) is 31.1. The predicted molar refractivity (Wildman–Crippen MR) is 138 cm³/mol. The van der Waals surface area contributed by atoms with E-state index >= 15 is 0 Å². The van der Waals surface area contributed by atoms with Crippen molar-refractivity contribution < 1.29 is 45.4 Å². The molecule has 5 N–H and O–H groups in total. The molecule has 4 rings (SSSR count). The van der Waals surface area contributed by atoms with Crippen molar-refractivity contribution in [3.05, 3.63) is 71.7 Å². The van der Waals surface area contributed by atoms with Gasteiger partial charge in [0.25, 0.3) is 0 Å². The zero-order valence-electron chi connectivity index (χ0n) is 21.6. The Labute approximate surface area is 234 Å². The van der Waals surface area contributed by atoms with Crippen LogP contribution in [-0.4, -0.2) is 52.9 Å². The van der Waals surface area contributed by atoms with Gasteiger partial charge in [-0.2, -0.15) is 26.3 Å². The van der Waals surface area contributed by atoms with Gasteiger partial charge in [-0.25, -0.2) is 23.9 Å². The number of carbonyl (C=O) groups excluding carboxylic acids is 1. The number of urea groups is 1. The lowest BCUT2D eigenvalue weighted by Crippen LogP contribution is -2.30. The van der Waals surface area contributed by atoms with Crippen molar-refractivity contribution in [3.63, 3.8) is 0 Å². The second-order valence-corrected chi connectivity index (χ2v) is 9.05. The summed E-state index contributed by atoms with van der Waals surface area (Å²) in [7, 11) is 0. The van der Waals surface area contributed by atoms with Gasteiger partial charge in [-0.15, -0.1) is 0 Å². The highest BCUT2D eigenvalue weighted by atomic mass is 19.4. The van der Waals surface area contributed by atoms with Gasteiger partial charge >= 0.3 is 24.4 Å². The number of hydrogen-bond acceptors (Lipinski definition) is 6. The summed E-state index contributed by atoms with van der Waals surface area (Å²) in [5, 5.41) is 12.6. The Morgan fingerprint density at radius 1 is 1.07 bits per heavy atom. The largest absolute Gasteiger partial charge is 0.490 e. The van der Waals surface area contributed by atoms with Crippen LogP contribution in [0.5, 0.6) is 0 Å². The summed E-state index contributed by atoms with van der Waals surface area (Å²) in [5.41, 5.74) is 5.79. The van der Waals surface area contributed by atoms with E-state index in [2.05, 4.69) is 20.6 Å². The average molecular weight is 603 g/mol. The molecular formula is C26H25F7N6O3. The summed E-state index contributed by atoms with van der Waals surface area (Å²) < 4.78 is 85.1. The Balaban J connectivity index is 0.000000616. The van der Waals surface area contributed by atoms with Gasteiger partial charge in [-0.05, 0) is 49.2 Å². The van der Waals surface area contributed by atoms with Crippen LogP contribution in [0.25, 0.3) is 11.4 Å². The van der Waals surface area contributed by atoms with Gasteiger partial charge in [-0.1, -0.05) is 18.2 Å². The molecule has 1 aliphatic heterocycles. The number of nitrogens with zero attached hydrogens (tertiary/aromatic N) is 3. The summed E-state index contributed by atoms with van der Waals surface area (Å²) in [6.07, 6.45) is -7.45. The molecule has 0 aliphatic carbocycles. The first-order chi connectivity index (χ1) is 19.7. The third-order valence-electron chi connectivity index (χ3n) is 6.01. The molecular weight excluding hydrogens is 577 g/mol. The van der Waals surface area contributed by atoms with Crippen molar-refractivity contribution in [3.8, 4) is 11.4 Å².